The molecular weight excluding hydrogens is 386 g/mol. The van der Waals surface area contributed by atoms with Crippen molar-refractivity contribution >= 4 is 29.8 Å². The third kappa shape index (κ3) is 9.75. The van der Waals surface area contributed by atoms with E-state index < -0.39 is 48.4 Å². The average Bonchev–Trinajstić information content (AvgIpc) is 2.66. The Morgan fingerprint density at radius 1 is 0.931 bits per heavy atom. The van der Waals surface area contributed by atoms with E-state index in [0.717, 1.165) is 0 Å². The van der Waals surface area contributed by atoms with Gasteiger partial charge in [-0.3, -0.25) is 14.4 Å². The summed E-state index contributed by atoms with van der Waals surface area (Å²) in [6.45, 7) is -0.0731. The zero-order valence-electron chi connectivity index (χ0n) is 15.5. The zero-order valence-corrected chi connectivity index (χ0v) is 15.5. The van der Waals surface area contributed by atoms with Crippen LogP contribution < -0.4 is 16.4 Å². The number of ether oxygens (including phenoxy) is 1. The van der Waals surface area contributed by atoms with Crippen molar-refractivity contribution in [3.8, 4) is 0 Å². The van der Waals surface area contributed by atoms with Crippen LogP contribution in [0.4, 0.5) is 4.79 Å². The summed E-state index contributed by atoms with van der Waals surface area (Å²) in [5.74, 6) is -4.26. The van der Waals surface area contributed by atoms with Crippen LogP contribution in [-0.2, 0) is 30.5 Å². The Morgan fingerprint density at radius 2 is 1.55 bits per heavy atom. The van der Waals surface area contributed by atoms with Crippen LogP contribution >= 0.6 is 0 Å². The number of primary amides is 1. The van der Waals surface area contributed by atoms with Crippen LogP contribution in [0.15, 0.2) is 30.3 Å². The van der Waals surface area contributed by atoms with E-state index in [9.17, 15) is 24.0 Å². The number of carbonyl (C=O) groups excluding carboxylic acids is 3. The molecular formula is C18H23N3O8. The molecule has 0 unspecified atom stereocenters. The summed E-state index contributed by atoms with van der Waals surface area (Å²) < 4.78 is 4.99. The molecule has 0 saturated heterocycles. The van der Waals surface area contributed by atoms with Gasteiger partial charge in [0.1, 0.15) is 18.7 Å². The maximum Gasteiger partial charge on any atom is 0.408 e. The van der Waals surface area contributed by atoms with Gasteiger partial charge in [-0.25, -0.2) is 9.59 Å². The molecule has 0 aliphatic carbocycles. The summed E-state index contributed by atoms with van der Waals surface area (Å²) in [7, 11) is 0. The van der Waals surface area contributed by atoms with E-state index in [1.54, 1.807) is 30.3 Å². The Labute approximate surface area is 166 Å². The van der Waals surface area contributed by atoms with Crippen molar-refractivity contribution in [2.75, 3.05) is 0 Å². The normalized spacial score (nSPS) is 12.3. The quantitative estimate of drug-likeness (QED) is 0.319. The van der Waals surface area contributed by atoms with E-state index in [2.05, 4.69) is 10.6 Å². The molecule has 0 heterocycles. The lowest BCUT2D eigenvalue weighted by molar-refractivity contribution is -0.143. The summed E-state index contributed by atoms with van der Waals surface area (Å²) in [4.78, 5) is 57.2. The first-order valence-corrected chi connectivity index (χ1v) is 8.69. The van der Waals surface area contributed by atoms with Gasteiger partial charge in [0, 0.05) is 12.8 Å². The third-order valence-corrected chi connectivity index (χ3v) is 3.76. The standard InChI is InChI=1S/C18H23N3O8/c19-14(22)8-6-13(17(26)27)20-16(25)12(7-9-15(23)24)21-18(28)29-10-11-4-2-1-3-5-11/h1-5,12-13H,6-10H2,(H2,19,22)(H,20,25)(H,21,28)(H,23,24)(H,26,27)/t12-,13-/m0/s1. The number of nitrogens with one attached hydrogen (secondary N) is 2. The maximum absolute atomic E-state index is 12.4. The second-order valence-electron chi connectivity index (χ2n) is 6.10. The fraction of sp³-hybridized carbons (Fsp3) is 0.389. The molecule has 0 radical (unpaired) electrons. The minimum atomic E-state index is -1.43. The number of rotatable bonds is 12. The zero-order chi connectivity index (χ0) is 21.8. The van der Waals surface area contributed by atoms with Gasteiger partial charge in [-0.1, -0.05) is 30.3 Å². The summed E-state index contributed by atoms with van der Waals surface area (Å²) in [6.07, 6.45) is -2.23. The molecule has 2 atom stereocenters. The number of alkyl carbamates (subject to hydrolysis) is 1. The van der Waals surface area contributed by atoms with Gasteiger partial charge in [-0.15, -0.1) is 0 Å². The molecule has 158 valence electrons. The number of amides is 3. The lowest BCUT2D eigenvalue weighted by Gasteiger charge is -2.20. The van der Waals surface area contributed by atoms with Gasteiger partial charge in [0.2, 0.25) is 11.8 Å². The van der Waals surface area contributed by atoms with Crippen LogP contribution in [-0.4, -0.2) is 52.1 Å². The topological polar surface area (TPSA) is 185 Å². The minimum Gasteiger partial charge on any atom is -0.481 e. The van der Waals surface area contributed by atoms with Crippen molar-refractivity contribution in [2.24, 2.45) is 5.73 Å². The molecule has 11 nitrogen and oxygen atoms in total. The van der Waals surface area contributed by atoms with E-state index in [4.69, 9.17) is 20.7 Å². The number of hydrogen-bond acceptors (Lipinski definition) is 6. The predicted molar refractivity (Wildman–Crippen MR) is 98.4 cm³/mol. The van der Waals surface area contributed by atoms with Crippen LogP contribution in [0.5, 0.6) is 0 Å². The molecule has 3 amide bonds. The molecule has 0 bridgehead atoms. The fourth-order valence-corrected chi connectivity index (χ4v) is 2.26. The SMILES string of the molecule is NC(=O)CC[C@H](NC(=O)[C@H](CCC(=O)O)NC(=O)OCc1ccccc1)C(=O)O. The molecule has 1 aromatic carbocycles. The Morgan fingerprint density at radius 3 is 2.10 bits per heavy atom. The third-order valence-electron chi connectivity index (χ3n) is 3.76. The van der Waals surface area contributed by atoms with Crippen LogP contribution in [0.1, 0.15) is 31.2 Å². The maximum atomic E-state index is 12.4. The van der Waals surface area contributed by atoms with Crippen molar-refractivity contribution in [3.63, 3.8) is 0 Å². The number of benzene rings is 1. The van der Waals surface area contributed by atoms with Gasteiger partial charge >= 0.3 is 18.0 Å². The number of hydrogen-bond donors (Lipinski definition) is 5. The van der Waals surface area contributed by atoms with Crippen molar-refractivity contribution in [2.45, 2.75) is 44.4 Å². The predicted octanol–water partition coefficient (Wildman–Crippen LogP) is -0.0189. The van der Waals surface area contributed by atoms with Gasteiger partial charge in [0.05, 0.1) is 0 Å². The molecule has 0 aliphatic rings. The molecule has 1 aromatic rings. The summed E-state index contributed by atoms with van der Waals surface area (Å²) >= 11 is 0. The average molecular weight is 409 g/mol. The minimum absolute atomic E-state index is 0.0731. The van der Waals surface area contributed by atoms with Crippen LogP contribution in [0, 0.1) is 0 Å². The molecule has 0 aromatic heterocycles. The largest absolute Gasteiger partial charge is 0.481 e. The second kappa shape index (κ2) is 12.0. The van der Waals surface area contributed by atoms with Crippen molar-refractivity contribution < 1.29 is 38.9 Å². The molecule has 0 fully saturated rings. The monoisotopic (exact) mass is 409 g/mol. The van der Waals surface area contributed by atoms with Crippen LogP contribution in [0.25, 0.3) is 0 Å². The molecule has 0 spiro atoms. The highest BCUT2D eigenvalue weighted by Crippen LogP contribution is 2.05. The lowest BCUT2D eigenvalue weighted by atomic mass is 10.1. The smallest absolute Gasteiger partial charge is 0.408 e. The Hall–Kier alpha value is -3.63. The van der Waals surface area contributed by atoms with Crippen LogP contribution in [0.2, 0.25) is 0 Å². The highest BCUT2D eigenvalue weighted by Gasteiger charge is 2.27. The van der Waals surface area contributed by atoms with E-state index in [1.807, 2.05) is 0 Å². The lowest BCUT2D eigenvalue weighted by Crippen LogP contribution is -2.52. The molecule has 0 saturated carbocycles. The molecule has 1 rings (SSSR count). The van der Waals surface area contributed by atoms with E-state index in [0.29, 0.717) is 5.56 Å². The Balaban J connectivity index is 2.71. The second-order valence-corrected chi connectivity index (χ2v) is 6.10. The van der Waals surface area contributed by atoms with Gasteiger partial charge in [-0.05, 0) is 18.4 Å². The van der Waals surface area contributed by atoms with E-state index in [1.165, 1.54) is 0 Å². The van der Waals surface area contributed by atoms with Crippen molar-refractivity contribution in [1.82, 2.24) is 10.6 Å². The molecule has 29 heavy (non-hydrogen) atoms. The fourth-order valence-electron chi connectivity index (χ4n) is 2.26. The Bertz CT molecular complexity index is 738. The summed E-state index contributed by atoms with van der Waals surface area (Å²) in [5, 5.41) is 22.4. The van der Waals surface area contributed by atoms with Gasteiger partial charge in [-0.2, -0.15) is 0 Å². The van der Waals surface area contributed by atoms with Gasteiger partial charge < -0.3 is 31.3 Å². The van der Waals surface area contributed by atoms with Gasteiger partial charge in [0.25, 0.3) is 0 Å². The molecule has 11 heteroatoms. The number of carboxylic acid groups (broad SMARTS) is 2. The molecule has 6 N–H and O–H groups in total. The summed E-state index contributed by atoms with van der Waals surface area (Å²) in [5.41, 5.74) is 5.68. The number of aliphatic carboxylic acids is 2. The first-order chi connectivity index (χ1) is 13.7. The van der Waals surface area contributed by atoms with E-state index >= 15 is 0 Å². The van der Waals surface area contributed by atoms with Crippen LogP contribution in [0.3, 0.4) is 0 Å². The highest BCUT2D eigenvalue weighted by molar-refractivity contribution is 5.89. The molecule has 0 aliphatic heterocycles. The highest BCUT2D eigenvalue weighted by atomic mass is 16.5. The number of carboxylic acids is 2. The van der Waals surface area contributed by atoms with Gasteiger partial charge in [0.15, 0.2) is 0 Å². The summed E-state index contributed by atoms with van der Waals surface area (Å²) in [6, 6.07) is 5.95. The first kappa shape index (κ1) is 23.4. The number of nitrogens with two attached hydrogens (primary N) is 1. The van der Waals surface area contributed by atoms with E-state index in [-0.39, 0.29) is 25.9 Å². The first-order valence-electron chi connectivity index (χ1n) is 8.69. The Kier molecular flexibility index (Phi) is 9.65. The van der Waals surface area contributed by atoms with Crippen molar-refractivity contribution in [3.05, 3.63) is 35.9 Å². The number of carbonyl (C=O) groups is 5. The van der Waals surface area contributed by atoms with Crippen molar-refractivity contribution in [1.29, 1.82) is 0 Å².